The predicted molar refractivity (Wildman–Crippen MR) is 106 cm³/mol. The minimum atomic E-state index is -0.853. The van der Waals surface area contributed by atoms with Gasteiger partial charge in [-0.3, -0.25) is 4.90 Å². The highest BCUT2D eigenvalue weighted by Gasteiger charge is 2.50. The highest BCUT2D eigenvalue weighted by Crippen LogP contribution is 2.40. The van der Waals surface area contributed by atoms with E-state index in [1.165, 1.54) is 12.0 Å². The number of rotatable bonds is 4. The summed E-state index contributed by atoms with van der Waals surface area (Å²) >= 11 is 0. The Morgan fingerprint density at radius 3 is 2.43 bits per heavy atom. The lowest BCUT2D eigenvalue weighted by atomic mass is 9.96. The van der Waals surface area contributed by atoms with Gasteiger partial charge in [-0.15, -0.1) is 0 Å². The molecule has 3 aromatic rings. The molecule has 142 valence electrons. The molecule has 0 bridgehead atoms. The number of amides is 1. The minimum absolute atomic E-state index is 0.364. The normalized spacial score (nSPS) is 20.1. The van der Waals surface area contributed by atoms with Crippen molar-refractivity contribution in [3.8, 4) is 0 Å². The molecule has 4 rings (SSSR count). The van der Waals surface area contributed by atoms with Gasteiger partial charge in [0.05, 0.1) is 13.2 Å². The van der Waals surface area contributed by atoms with Crippen LogP contribution in [0.4, 0.5) is 4.79 Å². The number of benzene rings is 3. The molecule has 1 fully saturated rings. The second-order valence-electron chi connectivity index (χ2n) is 6.83. The van der Waals surface area contributed by atoms with E-state index in [0.717, 1.165) is 21.9 Å². The Bertz CT molecular complexity index is 1010. The van der Waals surface area contributed by atoms with Crippen LogP contribution in [0.15, 0.2) is 72.8 Å². The molecule has 5 nitrogen and oxygen atoms in total. The van der Waals surface area contributed by atoms with E-state index in [0.29, 0.717) is 0 Å². The maximum absolute atomic E-state index is 12.8. The molecule has 1 amide bonds. The first-order valence-electron chi connectivity index (χ1n) is 9.21. The van der Waals surface area contributed by atoms with Gasteiger partial charge in [-0.25, -0.2) is 9.59 Å². The summed E-state index contributed by atoms with van der Waals surface area (Å²) in [6.07, 6.45) is -1.23. The van der Waals surface area contributed by atoms with Crippen molar-refractivity contribution in [3.05, 3.63) is 83.9 Å². The van der Waals surface area contributed by atoms with Crippen molar-refractivity contribution in [1.82, 2.24) is 4.90 Å². The lowest BCUT2D eigenvalue weighted by Gasteiger charge is -2.29. The minimum Gasteiger partial charge on any atom is -0.467 e. The average molecular weight is 375 g/mol. The van der Waals surface area contributed by atoms with Gasteiger partial charge >= 0.3 is 12.1 Å². The molecule has 0 aromatic heterocycles. The zero-order chi connectivity index (χ0) is 19.7. The Balaban J connectivity index is 1.78. The number of methoxy groups -OCH3 is 1. The van der Waals surface area contributed by atoms with Crippen LogP contribution in [-0.4, -0.2) is 30.1 Å². The van der Waals surface area contributed by atoms with Crippen LogP contribution in [0, 0.1) is 0 Å². The van der Waals surface area contributed by atoms with Crippen LogP contribution in [0.1, 0.15) is 30.2 Å². The van der Waals surface area contributed by atoms with E-state index in [4.69, 9.17) is 9.47 Å². The zero-order valence-electron chi connectivity index (χ0n) is 15.7. The van der Waals surface area contributed by atoms with Gasteiger partial charge in [0.25, 0.3) is 0 Å². The molecule has 0 spiro atoms. The van der Waals surface area contributed by atoms with Crippen LogP contribution in [0.5, 0.6) is 0 Å². The van der Waals surface area contributed by atoms with Gasteiger partial charge in [0.1, 0.15) is 0 Å². The molecule has 0 aliphatic carbocycles. The zero-order valence-corrected chi connectivity index (χ0v) is 15.7. The molecular formula is C23H21NO4. The summed E-state index contributed by atoms with van der Waals surface area (Å²) in [5, 5.41) is 2.12. The van der Waals surface area contributed by atoms with E-state index < -0.39 is 24.2 Å². The number of hydrogen-bond donors (Lipinski definition) is 0. The molecular weight excluding hydrogens is 354 g/mol. The Hall–Kier alpha value is -3.34. The molecule has 1 saturated heterocycles. The number of carbonyl (C=O) groups excluding carboxylic acids is 2. The third-order valence-corrected chi connectivity index (χ3v) is 5.29. The standard InChI is InChI=1S/C23H21NO4/c1-15(18-14-8-12-16-9-6-7-13-19(16)18)24-20(22(25)27-2)21(28-23(24)26)17-10-4-3-5-11-17/h3-15,20-21H,1-2H3/t15-,20?,21?/m1/s1. The lowest BCUT2D eigenvalue weighted by Crippen LogP contribution is -2.42. The van der Waals surface area contributed by atoms with Crippen molar-refractivity contribution in [3.63, 3.8) is 0 Å². The van der Waals surface area contributed by atoms with E-state index in [1.807, 2.05) is 79.7 Å². The van der Waals surface area contributed by atoms with Crippen molar-refractivity contribution in [2.45, 2.75) is 25.1 Å². The topological polar surface area (TPSA) is 55.8 Å². The number of carbonyl (C=O) groups is 2. The summed E-state index contributed by atoms with van der Waals surface area (Å²) in [4.78, 5) is 27.0. The first-order valence-corrected chi connectivity index (χ1v) is 9.21. The number of nitrogens with zero attached hydrogens (tertiary/aromatic N) is 1. The summed E-state index contributed by atoms with van der Waals surface area (Å²) < 4.78 is 10.7. The van der Waals surface area contributed by atoms with Crippen molar-refractivity contribution in [2.24, 2.45) is 0 Å². The van der Waals surface area contributed by atoms with Crippen molar-refractivity contribution in [2.75, 3.05) is 7.11 Å². The number of esters is 1. The van der Waals surface area contributed by atoms with E-state index in [1.54, 1.807) is 0 Å². The molecule has 1 heterocycles. The second-order valence-corrected chi connectivity index (χ2v) is 6.83. The number of cyclic esters (lactones) is 1. The average Bonchev–Trinajstić information content (AvgIpc) is 3.10. The van der Waals surface area contributed by atoms with E-state index >= 15 is 0 Å². The van der Waals surface area contributed by atoms with Gasteiger partial charge in [0, 0.05) is 0 Å². The van der Waals surface area contributed by atoms with Crippen molar-refractivity contribution < 1.29 is 19.1 Å². The fourth-order valence-corrected chi connectivity index (χ4v) is 3.91. The summed E-state index contributed by atoms with van der Waals surface area (Å²) in [5.41, 5.74) is 1.72. The first kappa shape index (κ1) is 18.0. The fraction of sp³-hybridized carbons (Fsp3) is 0.217. The van der Waals surface area contributed by atoms with Crippen LogP contribution < -0.4 is 0 Å². The second kappa shape index (κ2) is 7.35. The van der Waals surface area contributed by atoms with E-state index in [9.17, 15) is 9.59 Å². The third-order valence-electron chi connectivity index (χ3n) is 5.29. The SMILES string of the molecule is COC(=O)C1C(c2ccccc2)OC(=O)N1[C@H](C)c1cccc2ccccc12. The number of ether oxygens (including phenoxy) is 2. The summed E-state index contributed by atoms with van der Waals surface area (Å²) in [6.45, 7) is 1.91. The quantitative estimate of drug-likeness (QED) is 0.624. The van der Waals surface area contributed by atoms with Crippen LogP contribution in [-0.2, 0) is 14.3 Å². The molecule has 1 aliphatic heterocycles. The molecule has 0 saturated carbocycles. The van der Waals surface area contributed by atoms with Gasteiger partial charge in [-0.2, -0.15) is 0 Å². The van der Waals surface area contributed by atoms with Gasteiger partial charge in [0.2, 0.25) is 0 Å². The fourth-order valence-electron chi connectivity index (χ4n) is 3.91. The highest BCUT2D eigenvalue weighted by atomic mass is 16.6. The summed E-state index contributed by atoms with van der Waals surface area (Å²) in [7, 11) is 1.33. The van der Waals surface area contributed by atoms with Crippen LogP contribution in [0.25, 0.3) is 10.8 Å². The smallest absolute Gasteiger partial charge is 0.411 e. The third kappa shape index (κ3) is 2.99. The maximum Gasteiger partial charge on any atom is 0.411 e. The molecule has 2 unspecified atom stereocenters. The van der Waals surface area contributed by atoms with Crippen LogP contribution in [0.2, 0.25) is 0 Å². The van der Waals surface area contributed by atoms with E-state index in [2.05, 4.69) is 0 Å². The summed E-state index contributed by atoms with van der Waals surface area (Å²) in [6, 6.07) is 22.0. The molecule has 3 aromatic carbocycles. The summed E-state index contributed by atoms with van der Waals surface area (Å²) in [5.74, 6) is -0.494. The Morgan fingerprint density at radius 2 is 1.68 bits per heavy atom. The van der Waals surface area contributed by atoms with Gasteiger partial charge in [0.15, 0.2) is 12.1 Å². The first-order chi connectivity index (χ1) is 13.6. The molecule has 1 aliphatic rings. The van der Waals surface area contributed by atoms with Crippen molar-refractivity contribution >= 4 is 22.8 Å². The van der Waals surface area contributed by atoms with E-state index in [-0.39, 0.29) is 6.04 Å². The van der Waals surface area contributed by atoms with Crippen molar-refractivity contribution in [1.29, 1.82) is 0 Å². The molecule has 28 heavy (non-hydrogen) atoms. The number of fused-ring (bicyclic) bond motifs is 1. The highest BCUT2D eigenvalue weighted by molar-refractivity contribution is 5.88. The Kier molecular flexibility index (Phi) is 4.74. The largest absolute Gasteiger partial charge is 0.467 e. The Morgan fingerprint density at radius 1 is 1.00 bits per heavy atom. The van der Waals surface area contributed by atoms with Gasteiger partial charge in [-0.1, -0.05) is 72.8 Å². The van der Waals surface area contributed by atoms with Gasteiger partial charge < -0.3 is 9.47 Å². The molecule has 0 N–H and O–H groups in total. The Labute approximate surface area is 163 Å². The van der Waals surface area contributed by atoms with Gasteiger partial charge in [-0.05, 0) is 28.8 Å². The monoisotopic (exact) mass is 375 g/mol. The lowest BCUT2D eigenvalue weighted by molar-refractivity contribution is -0.147. The predicted octanol–water partition coefficient (Wildman–Crippen LogP) is 4.64. The number of hydrogen-bond acceptors (Lipinski definition) is 4. The van der Waals surface area contributed by atoms with Crippen LogP contribution >= 0.6 is 0 Å². The maximum atomic E-state index is 12.8. The molecule has 0 radical (unpaired) electrons. The molecule has 3 atom stereocenters. The van der Waals surface area contributed by atoms with Crippen LogP contribution in [0.3, 0.4) is 0 Å². The molecule has 5 heteroatoms.